The van der Waals surface area contributed by atoms with E-state index in [1.165, 1.54) is 12.1 Å². The second-order valence-corrected chi connectivity index (χ2v) is 11.5. The van der Waals surface area contributed by atoms with Crippen LogP contribution in [0.25, 0.3) is 0 Å². The first-order chi connectivity index (χ1) is 12.9. The van der Waals surface area contributed by atoms with E-state index in [1.54, 1.807) is 34.6 Å². The average molecular weight is 409 g/mol. The molecule has 28 heavy (non-hydrogen) atoms. The molecule has 0 unspecified atom stereocenters. The molecule has 1 amide bonds. The fourth-order valence-electron chi connectivity index (χ4n) is 4.18. The summed E-state index contributed by atoms with van der Waals surface area (Å²) in [5.74, 6) is -0.0506. The van der Waals surface area contributed by atoms with Crippen molar-refractivity contribution < 1.29 is 18.1 Å². The number of anilines is 1. The highest BCUT2D eigenvalue weighted by molar-refractivity contribution is 7.96. The van der Waals surface area contributed by atoms with Gasteiger partial charge in [-0.3, -0.25) is 10.3 Å². The Morgan fingerprint density at radius 2 is 1.96 bits per heavy atom. The number of halogens is 1. The third-order valence-electron chi connectivity index (χ3n) is 5.66. The fourth-order valence-corrected chi connectivity index (χ4v) is 7.36. The standard InChI is InChI=1S/C18H24FN5O3S/c1-16(2)14-22-15(25)27-17(3,4)23-12-7-6-10(19)13(21-12)18(5,24-14)11-8-9-20-28(11,16)26/h6-7,11H,8-9H2,1-5H3,(H,21,23)(H,22,24,25)/t11-,18+,28+/m1/s1. The van der Waals surface area contributed by atoms with E-state index in [1.807, 2.05) is 0 Å². The maximum Gasteiger partial charge on any atom is 0.414 e. The SMILES string of the molecule is CC1(C)Nc2ccc(F)c(n2)[C@@]2(C)N=C(NC(=O)O1)C(C)(C)[S@]1(=O)=NCC[C@H]21. The predicted octanol–water partition coefficient (Wildman–Crippen LogP) is 2.75. The molecule has 0 aromatic carbocycles. The van der Waals surface area contributed by atoms with Crippen molar-refractivity contribution in [3.63, 3.8) is 0 Å². The largest absolute Gasteiger partial charge is 0.423 e. The summed E-state index contributed by atoms with van der Waals surface area (Å²) in [7, 11) is -2.87. The molecule has 0 aliphatic carbocycles. The van der Waals surface area contributed by atoms with Gasteiger partial charge in [0, 0.05) is 6.54 Å². The molecule has 1 aromatic heterocycles. The summed E-state index contributed by atoms with van der Waals surface area (Å²) >= 11 is 0. The number of hydrogen-bond acceptors (Lipinski definition) is 7. The Balaban J connectivity index is 2.04. The van der Waals surface area contributed by atoms with Gasteiger partial charge < -0.3 is 10.1 Å². The molecule has 2 N–H and O–H groups in total. The van der Waals surface area contributed by atoms with Crippen molar-refractivity contribution in [2.45, 2.75) is 62.3 Å². The van der Waals surface area contributed by atoms with Crippen LogP contribution in [0.4, 0.5) is 15.0 Å². The number of fused-ring (bicyclic) bond motifs is 6. The lowest BCUT2D eigenvalue weighted by molar-refractivity contribution is 0.0623. The second kappa shape index (κ2) is 5.65. The summed E-state index contributed by atoms with van der Waals surface area (Å²) in [6, 6.07) is 2.76. The topological polar surface area (TPSA) is 105 Å². The molecule has 152 valence electrons. The van der Waals surface area contributed by atoms with Crippen LogP contribution in [0.2, 0.25) is 0 Å². The number of carbonyl (C=O) groups is 1. The highest BCUT2D eigenvalue weighted by atomic mass is 32.2. The normalized spacial score (nSPS) is 35.1. The molecule has 3 aliphatic rings. The van der Waals surface area contributed by atoms with E-state index in [9.17, 15) is 13.4 Å². The van der Waals surface area contributed by atoms with Crippen molar-refractivity contribution in [3.05, 3.63) is 23.6 Å². The van der Waals surface area contributed by atoms with Gasteiger partial charge >= 0.3 is 6.09 Å². The number of nitrogens with zero attached hydrogens (tertiary/aromatic N) is 3. The average Bonchev–Trinajstić information content (AvgIpc) is 2.98. The number of amides is 1. The van der Waals surface area contributed by atoms with Gasteiger partial charge in [-0.15, -0.1) is 0 Å². The molecule has 8 nitrogen and oxygen atoms in total. The van der Waals surface area contributed by atoms with Crippen LogP contribution in [0.15, 0.2) is 21.5 Å². The van der Waals surface area contributed by atoms with Crippen molar-refractivity contribution in [1.29, 1.82) is 0 Å². The smallest absolute Gasteiger partial charge is 0.414 e. The number of carbonyl (C=O) groups excluding carboxylic acids is 1. The Morgan fingerprint density at radius 1 is 1.25 bits per heavy atom. The summed E-state index contributed by atoms with van der Waals surface area (Å²) in [5.41, 5.74) is -2.28. The van der Waals surface area contributed by atoms with E-state index in [-0.39, 0.29) is 11.5 Å². The molecule has 4 bridgehead atoms. The van der Waals surface area contributed by atoms with E-state index in [0.717, 1.165) is 0 Å². The number of cyclic esters (lactones) is 1. The van der Waals surface area contributed by atoms with Gasteiger partial charge in [-0.05, 0) is 53.2 Å². The van der Waals surface area contributed by atoms with Crippen LogP contribution >= 0.6 is 0 Å². The maximum absolute atomic E-state index is 14.9. The van der Waals surface area contributed by atoms with Gasteiger partial charge in [-0.2, -0.15) is 0 Å². The quantitative estimate of drug-likeness (QED) is 0.685. The summed E-state index contributed by atoms with van der Waals surface area (Å²) < 4.78 is 37.8. The van der Waals surface area contributed by atoms with Crippen LogP contribution in [0, 0.1) is 5.82 Å². The lowest BCUT2D eigenvalue weighted by Gasteiger charge is -2.44. The number of ether oxygens (including phenoxy) is 1. The number of hydrogen-bond donors (Lipinski definition) is 2. The number of rotatable bonds is 0. The number of nitrogens with one attached hydrogen (secondary N) is 2. The highest BCUT2D eigenvalue weighted by Gasteiger charge is 2.58. The monoisotopic (exact) mass is 409 g/mol. The van der Waals surface area contributed by atoms with Crippen LogP contribution in [0.1, 0.15) is 46.7 Å². The fraction of sp³-hybridized carbons (Fsp3) is 0.611. The van der Waals surface area contributed by atoms with E-state index in [4.69, 9.17) is 9.73 Å². The lowest BCUT2D eigenvalue weighted by atomic mass is 9.89. The van der Waals surface area contributed by atoms with Crippen molar-refractivity contribution in [1.82, 2.24) is 10.3 Å². The van der Waals surface area contributed by atoms with E-state index in [0.29, 0.717) is 18.8 Å². The number of aliphatic imine (C=N–C) groups is 1. The molecular weight excluding hydrogens is 385 g/mol. The zero-order valence-corrected chi connectivity index (χ0v) is 17.3. The van der Waals surface area contributed by atoms with Gasteiger partial charge in [-0.25, -0.2) is 22.7 Å². The minimum atomic E-state index is -2.87. The predicted molar refractivity (Wildman–Crippen MR) is 104 cm³/mol. The minimum Gasteiger partial charge on any atom is -0.423 e. The van der Waals surface area contributed by atoms with Gasteiger partial charge in [0.1, 0.15) is 33.5 Å². The van der Waals surface area contributed by atoms with Gasteiger partial charge in [0.15, 0.2) is 5.72 Å². The summed E-state index contributed by atoms with van der Waals surface area (Å²) in [4.78, 5) is 21.7. The summed E-state index contributed by atoms with van der Waals surface area (Å²) in [6.45, 7) is 8.87. The Morgan fingerprint density at radius 3 is 2.68 bits per heavy atom. The van der Waals surface area contributed by atoms with Crippen molar-refractivity contribution in [2.75, 3.05) is 11.9 Å². The lowest BCUT2D eigenvalue weighted by Crippen LogP contribution is -2.60. The summed E-state index contributed by atoms with van der Waals surface area (Å²) in [6.07, 6.45) is -0.244. The molecule has 3 atom stereocenters. The number of aromatic nitrogens is 1. The molecule has 0 saturated carbocycles. The molecule has 4 heterocycles. The number of alkyl carbamates (subject to hydrolysis) is 1. The Kier molecular flexibility index (Phi) is 3.85. The first-order valence-electron chi connectivity index (χ1n) is 9.16. The van der Waals surface area contributed by atoms with Gasteiger partial charge in [0.25, 0.3) is 0 Å². The van der Waals surface area contributed by atoms with Crippen molar-refractivity contribution in [3.8, 4) is 0 Å². The van der Waals surface area contributed by atoms with E-state index in [2.05, 4.69) is 20.0 Å². The molecule has 10 heteroatoms. The van der Waals surface area contributed by atoms with Crippen LogP contribution in [0.3, 0.4) is 0 Å². The molecular formula is C18H24FN5O3S. The van der Waals surface area contributed by atoms with Crippen molar-refractivity contribution in [2.24, 2.45) is 9.36 Å². The maximum atomic E-state index is 14.9. The third-order valence-corrected chi connectivity index (χ3v) is 9.34. The van der Waals surface area contributed by atoms with Crippen LogP contribution in [-0.2, 0) is 20.0 Å². The third kappa shape index (κ3) is 2.53. The van der Waals surface area contributed by atoms with Crippen LogP contribution in [0.5, 0.6) is 0 Å². The first-order valence-corrected chi connectivity index (χ1v) is 10.7. The van der Waals surface area contributed by atoms with Gasteiger partial charge in [-0.1, -0.05) is 0 Å². The van der Waals surface area contributed by atoms with E-state index < -0.39 is 42.9 Å². The Labute approximate surface area is 163 Å². The first kappa shape index (κ1) is 19.1. The Bertz CT molecular complexity index is 1030. The number of pyridine rings is 1. The highest BCUT2D eigenvalue weighted by Crippen LogP contribution is 2.47. The molecule has 0 radical (unpaired) electrons. The van der Waals surface area contributed by atoms with E-state index >= 15 is 0 Å². The zero-order chi connectivity index (χ0) is 20.5. The molecule has 1 aromatic rings. The number of amidine groups is 1. The summed E-state index contributed by atoms with van der Waals surface area (Å²) in [5, 5.41) is 5.11. The zero-order valence-electron chi connectivity index (χ0n) is 16.5. The van der Waals surface area contributed by atoms with Crippen molar-refractivity contribution >= 4 is 27.5 Å². The van der Waals surface area contributed by atoms with Gasteiger partial charge in [0.2, 0.25) is 0 Å². The van der Waals surface area contributed by atoms with Crippen LogP contribution in [-0.4, -0.2) is 43.4 Å². The molecule has 3 aliphatic heterocycles. The second-order valence-electron chi connectivity index (χ2n) is 8.49. The molecule has 4 rings (SSSR count). The Hall–Kier alpha value is -2.23. The minimum absolute atomic E-state index is 0.0762. The van der Waals surface area contributed by atoms with Crippen LogP contribution < -0.4 is 10.6 Å². The van der Waals surface area contributed by atoms with Gasteiger partial charge in [0.05, 0.1) is 15.0 Å². The molecule has 0 spiro atoms. The molecule has 0 saturated heterocycles. The molecule has 0 fully saturated rings.